The Morgan fingerprint density at radius 3 is 2.74 bits per heavy atom. The van der Waals surface area contributed by atoms with Crippen LogP contribution in [-0.4, -0.2) is 23.1 Å². The van der Waals surface area contributed by atoms with Crippen molar-refractivity contribution in [3.8, 4) is 5.75 Å². The molecule has 23 heavy (non-hydrogen) atoms. The molecule has 0 radical (unpaired) electrons. The van der Waals surface area contributed by atoms with Crippen molar-refractivity contribution in [1.82, 2.24) is 9.88 Å². The molecule has 6 heteroatoms. The largest absolute Gasteiger partial charge is 0.486 e. The molecule has 0 spiro atoms. The summed E-state index contributed by atoms with van der Waals surface area (Å²) >= 11 is 0. The van der Waals surface area contributed by atoms with Gasteiger partial charge in [-0.05, 0) is 24.6 Å². The minimum atomic E-state index is -0.441. The van der Waals surface area contributed by atoms with E-state index in [9.17, 15) is 14.0 Å². The highest BCUT2D eigenvalue weighted by Crippen LogP contribution is 2.17. The van der Waals surface area contributed by atoms with Gasteiger partial charge < -0.3 is 14.6 Å². The summed E-state index contributed by atoms with van der Waals surface area (Å²) < 4.78 is 20.5. The molecule has 5 nitrogen and oxygen atoms in total. The van der Waals surface area contributed by atoms with Crippen molar-refractivity contribution < 1.29 is 13.9 Å². The number of hydrogen-bond acceptors (Lipinski definition) is 3. The Labute approximate surface area is 133 Å². The summed E-state index contributed by atoms with van der Waals surface area (Å²) in [4.78, 5) is 23.6. The monoisotopic (exact) mass is 318 g/mol. The number of carbonyl (C=O) groups excluding carboxylic acids is 1. The van der Waals surface area contributed by atoms with Gasteiger partial charge in [-0.1, -0.05) is 19.1 Å². The van der Waals surface area contributed by atoms with Gasteiger partial charge in [0.05, 0.1) is 6.54 Å². The molecule has 1 atom stereocenters. The number of benzene rings is 1. The summed E-state index contributed by atoms with van der Waals surface area (Å²) in [5.41, 5.74) is 0.0288. The van der Waals surface area contributed by atoms with E-state index in [1.807, 2.05) is 6.92 Å². The number of aryl methyl sites for hydroxylation is 1. The smallest absolute Gasteiger partial charge is 0.251 e. The summed E-state index contributed by atoms with van der Waals surface area (Å²) in [6.45, 7) is 2.11. The van der Waals surface area contributed by atoms with Gasteiger partial charge in [-0.15, -0.1) is 0 Å². The number of ether oxygens (including phenoxy) is 1. The highest BCUT2D eigenvalue weighted by atomic mass is 19.1. The van der Waals surface area contributed by atoms with Crippen molar-refractivity contribution in [3.05, 3.63) is 64.3 Å². The predicted molar refractivity (Wildman–Crippen MR) is 85.1 cm³/mol. The maximum Gasteiger partial charge on any atom is 0.251 e. The normalized spacial score (nSPS) is 11.8. The van der Waals surface area contributed by atoms with Crippen LogP contribution >= 0.6 is 0 Å². The van der Waals surface area contributed by atoms with Crippen LogP contribution in [0.15, 0.2) is 47.4 Å². The third kappa shape index (κ3) is 4.42. The summed E-state index contributed by atoms with van der Waals surface area (Å²) in [7, 11) is 1.61. The quantitative estimate of drug-likeness (QED) is 0.887. The number of nitrogens with one attached hydrogen (secondary N) is 1. The van der Waals surface area contributed by atoms with Gasteiger partial charge in [0.1, 0.15) is 6.10 Å². The topological polar surface area (TPSA) is 60.3 Å². The van der Waals surface area contributed by atoms with Gasteiger partial charge in [0.2, 0.25) is 0 Å². The van der Waals surface area contributed by atoms with Crippen molar-refractivity contribution in [2.75, 3.05) is 6.54 Å². The van der Waals surface area contributed by atoms with E-state index >= 15 is 0 Å². The Hall–Kier alpha value is -2.63. The zero-order chi connectivity index (χ0) is 16.8. The van der Waals surface area contributed by atoms with E-state index in [2.05, 4.69) is 5.32 Å². The molecular formula is C17H19FN2O3. The Bertz CT molecular complexity index is 743. The van der Waals surface area contributed by atoms with E-state index in [1.165, 1.54) is 22.9 Å². The standard InChI is InChI=1S/C17H19FN2O3/c1-3-13(23-15-7-5-4-6-14(15)18)11-19-17(22)12-8-9-20(2)16(21)10-12/h4-10,13H,3,11H2,1-2H3,(H,19,22). The molecule has 1 unspecified atom stereocenters. The van der Waals surface area contributed by atoms with Crippen molar-refractivity contribution in [2.45, 2.75) is 19.4 Å². The fraction of sp³-hybridized carbons (Fsp3) is 0.294. The number of pyridine rings is 1. The summed E-state index contributed by atoms with van der Waals surface area (Å²) in [5, 5.41) is 2.70. The third-order valence-electron chi connectivity index (χ3n) is 3.44. The van der Waals surface area contributed by atoms with E-state index < -0.39 is 5.82 Å². The Kier molecular flexibility index (Phi) is 5.51. The lowest BCUT2D eigenvalue weighted by Crippen LogP contribution is -2.35. The first-order valence-electron chi connectivity index (χ1n) is 7.37. The average Bonchev–Trinajstić information content (AvgIpc) is 2.55. The number of aromatic nitrogens is 1. The summed E-state index contributed by atoms with van der Waals surface area (Å²) in [6, 6.07) is 8.97. The number of rotatable bonds is 6. The van der Waals surface area contributed by atoms with E-state index in [0.717, 1.165) is 0 Å². The van der Waals surface area contributed by atoms with E-state index in [0.29, 0.717) is 6.42 Å². The van der Waals surface area contributed by atoms with Crippen LogP contribution in [0.3, 0.4) is 0 Å². The molecule has 1 N–H and O–H groups in total. The number of halogens is 1. The summed E-state index contributed by atoms with van der Waals surface area (Å²) in [6.07, 6.45) is 1.78. The van der Waals surface area contributed by atoms with Crippen LogP contribution in [-0.2, 0) is 7.05 Å². The molecule has 0 saturated heterocycles. The molecule has 2 rings (SSSR count). The molecule has 1 aromatic heterocycles. The Morgan fingerprint density at radius 1 is 1.35 bits per heavy atom. The highest BCUT2D eigenvalue weighted by Gasteiger charge is 2.13. The first kappa shape index (κ1) is 16.7. The molecule has 1 amide bonds. The first-order chi connectivity index (χ1) is 11.0. The minimum absolute atomic E-state index is 0.155. The lowest BCUT2D eigenvalue weighted by molar-refractivity contribution is 0.0924. The van der Waals surface area contributed by atoms with Crippen LogP contribution in [0.25, 0.3) is 0 Å². The molecule has 0 fully saturated rings. The van der Waals surface area contributed by atoms with Gasteiger partial charge in [-0.2, -0.15) is 0 Å². The zero-order valence-corrected chi connectivity index (χ0v) is 13.1. The molecule has 2 aromatic rings. The molecule has 0 aliphatic heterocycles. The van der Waals surface area contributed by atoms with Crippen LogP contribution in [0.4, 0.5) is 4.39 Å². The lowest BCUT2D eigenvalue weighted by atomic mass is 10.2. The third-order valence-corrected chi connectivity index (χ3v) is 3.44. The molecule has 1 aromatic carbocycles. The fourth-order valence-electron chi connectivity index (χ4n) is 1.99. The molecule has 0 bridgehead atoms. The molecule has 0 aliphatic carbocycles. The second kappa shape index (κ2) is 7.58. The van der Waals surface area contributed by atoms with Crippen LogP contribution < -0.4 is 15.6 Å². The Balaban J connectivity index is 1.97. The van der Waals surface area contributed by atoms with Crippen LogP contribution in [0.2, 0.25) is 0 Å². The van der Waals surface area contributed by atoms with Gasteiger partial charge in [0.25, 0.3) is 11.5 Å². The molecular weight excluding hydrogens is 299 g/mol. The maximum atomic E-state index is 13.6. The number of hydrogen-bond donors (Lipinski definition) is 1. The van der Waals surface area contributed by atoms with Crippen LogP contribution in [0.5, 0.6) is 5.75 Å². The van der Waals surface area contributed by atoms with Gasteiger partial charge in [0.15, 0.2) is 11.6 Å². The number of para-hydroxylation sites is 1. The molecule has 0 aliphatic rings. The van der Waals surface area contributed by atoms with Crippen molar-refractivity contribution in [1.29, 1.82) is 0 Å². The lowest BCUT2D eigenvalue weighted by Gasteiger charge is -2.18. The highest BCUT2D eigenvalue weighted by molar-refractivity contribution is 5.93. The number of carbonyl (C=O) groups is 1. The minimum Gasteiger partial charge on any atom is -0.486 e. The SMILES string of the molecule is CCC(CNC(=O)c1ccn(C)c(=O)c1)Oc1ccccc1F. The van der Waals surface area contributed by atoms with Gasteiger partial charge in [-0.25, -0.2) is 4.39 Å². The van der Waals surface area contributed by atoms with E-state index in [1.54, 1.807) is 31.3 Å². The molecule has 0 saturated carbocycles. The second-order valence-electron chi connectivity index (χ2n) is 5.15. The van der Waals surface area contributed by atoms with E-state index in [4.69, 9.17) is 4.74 Å². The Morgan fingerprint density at radius 2 is 2.09 bits per heavy atom. The first-order valence-corrected chi connectivity index (χ1v) is 7.37. The van der Waals surface area contributed by atoms with Crippen LogP contribution in [0.1, 0.15) is 23.7 Å². The number of amides is 1. The molecule has 1 heterocycles. The molecule has 122 valence electrons. The van der Waals surface area contributed by atoms with Crippen LogP contribution in [0, 0.1) is 5.82 Å². The fourth-order valence-corrected chi connectivity index (χ4v) is 1.99. The van der Waals surface area contributed by atoms with Gasteiger partial charge in [0, 0.05) is 24.9 Å². The summed E-state index contributed by atoms with van der Waals surface area (Å²) in [5.74, 6) is -0.649. The zero-order valence-electron chi connectivity index (χ0n) is 13.1. The van der Waals surface area contributed by atoms with Crippen molar-refractivity contribution >= 4 is 5.91 Å². The van der Waals surface area contributed by atoms with Gasteiger partial charge >= 0.3 is 0 Å². The van der Waals surface area contributed by atoms with Gasteiger partial charge in [-0.3, -0.25) is 9.59 Å². The van der Waals surface area contributed by atoms with Crippen molar-refractivity contribution in [3.63, 3.8) is 0 Å². The maximum absolute atomic E-state index is 13.6. The van der Waals surface area contributed by atoms with Crippen molar-refractivity contribution in [2.24, 2.45) is 7.05 Å². The van der Waals surface area contributed by atoms with E-state index in [-0.39, 0.29) is 35.4 Å². The predicted octanol–water partition coefficient (Wildman–Crippen LogP) is 2.11. The average molecular weight is 318 g/mol. The number of nitrogens with zero attached hydrogens (tertiary/aromatic N) is 1. The second-order valence-corrected chi connectivity index (χ2v) is 5.15.